The molecule has 0 bridgehead atoms. The largest absolute Gasteiger partial charge is 0.394 e. The standard InChI is InChI=1S/C18H38O6/c1-3-5-18(4-2)6-8-20-10-12-22-14-16-24-17-15-23-13-11-21-9-7-19/h18-19H,3-17H2,1-2H3. The van der Waals surface area contributed by atoms with Gasteiger partial charge in [-0.05, 0) is 12.3 Å². The first-order valence-corrected chi connectivity index (χ1v) is 9.34. The summed E-state index contributed by atoms with van der Waals surface area (Å²) in [5.74, 6) is 0.799. The zero-order valence-corrected chi connectivity index (χ0v) is 15.7. The summed E-state index contributed by atoms with van der Waals surface area (Å²) in [6.45, 7) is 10.3. The minimum absolute atomic E-state index is 0.0479. The zero-order valence-electron chi connectivity index (χ0n) is 15.7. The second-order valence-corrected chi connectivity index (χ2v) is 5.64. The van der Waals surface area contributed by atoms with Crippen LogP contribution in [0.25, 0.3) is 0 Å². The fraction of sp³-hybridized carbons (Fsp3) is 1.00. The van der Waals surface area contributed by atoms with E-state index in [9.17, 15) is 0 Å². The van der Waals surface area contributed by atoms with Crippen molar-refractivity contribution in [1.82, 2.24) is 0 Å². The van der Waals surface area contributed by atoms with Gasteiger partial charge in [-0.2, -0.15) is 0 Å². The molecule has 0 aromatic rings. The van der Waals surface area contributed by atoms with Gasteiger partial charge in [0, 0.05) is 6.61 Å². The summed E-state index contributed by atoms with van der Waals surface area (Å²) in [7, 11) is 0. The van der Waals surface area contributed by atoms with E-state index in [4.69, 9.17) is 28.8 Å². The maximum absolute atomic E-state index is 8.52. The molecular weight excluding hydrogens is 312 g/mol. The van der Waals surface area contributed by atoms with Crippen LogP contribution in [0.3, 0.4) is 0 Å². The number of ether oxygens (including phenoxy) is 5. The third-order valence-corrected chi connectivity index (χ3v) is 3.67. The van der Waals surface area contributed by atoms with E-state index in [1.165, 1.54) is 19.3 Å². The molecule has 146 valence electrons. The molecule has 0 radical (unpaired) electrons. The Labute approximate surface area is 147 Å². The molecule has 1 atom stereocenters. The molecule has 0 aliphatic heterocycles. The molecule has 6 nitrogen and oxygen atoms in total. The highest BCUT2D eigenvalue weighted by molar-refractivity contribution is 4.55. The Morgan fingerprint density at radius 1 is 0.583 bits per heavy atom. The summed E-state index contributed by atoms with van der Waals surface area (Å²) >= 11 is 0. The highest BCUT2D eigenvalue weighted by Crippen LogP contribution is 2.14. The van der Waals surface area contributed by atoms with Gasteiger partial charge in [0.15, 0.2) is 0 Å². The maximum atomic E-state index is 8.52. The summed E-state index contributed by atoms with van der Waals surface area (Å²) in [6, 6.07) is 0. The van der Waals surface area contributed by atoms with Crippen LogP contribution in [-0.2, 0) is 23.7 Å². The van der Waals surface area contributed by atoms with E-state index in [2.05, 4.69) is 13.8 Å². The van der Waals surface area contributed by atoms with Crippen LogP contribution in [0.2, 0.25) is 0 Å². The zero-order chi connectivity index (χ0) is 17.7. The lowest BCUT2D eigenvalue weighted by atomic mass is 9.98. The van der Waals surface area contributed by atoms with Crippen molar-refractivity contribution in [1.29, 1.82) is 0 Å². The Morgan fingerprint density at radius 3 is 1.38 bits per heavy atom. The molecule has 0 rings (SSSR count). The van der Waals surface area contributed by atoms with Gasteiger partial charge in [0.2, 0.25) is 0 Å². The topological polar surface area (TPSA) is 66.4 Å². The highest BCUT2D eigenvalue weighted by Gasteiger charge is 2.04. The van der Waals surface area contributed by atoms with Crippen molar-refractivity contribution in [3.8, 4) is 0 Å². The van der Waals surface area contributed by atoms with Crippen LogP contribution >= 0.6 is 0 Å². The van der Waals surface area contributed by atoms with Gasteiger partial charge in [-0.1, -0.05) is 33.1 Å². The minimum atomic E-state index is 0.0479. The molecule has 0 fully saturated rings. The van der Waals surface area contributed by atoms with Crippen molar-refractivity contribution < 1.29 is 28.8 Å². The molecule has 0 aromatic heterocycles. The van der Waals surface area contributed by atoms with Gasteiger partial charge >= 0.3 is 0 Å². The molecule has 1 N–H and O–H groups in total. The van der Waals surface area contributed by atoms with Crippen LogP contribution in [0, 0.1) is 5.92 Å². The molecular formula is C18H38O6. The van der Waals surface area contributed by atoms with Gasteiger partial charge in [-0.15, -0.1) is 0 Å². The van der Waals surface area contributed by atoms with Gasteiger partial charge in [0.05, 0.1) is 66.1 Å². The number of aliphatic hydroxyl groups excluding tert-OH is 1. The first kappa shape index (κ1) is 23.8. The smallest absolute Gasteiger partial charge is 0.0701 e. The second kappa shape index (κ2) is 20.8. The molecule has 0 saturated heterocycles. The molecule has 1 unspecified atom stereocenters. The molecule has 6 heteroatoms. The average Bonchev–Trinajstić information content (AvgIpc) is 2.60. The molecule has 0 amide bonds. The van der Waals surface area contributed by atoms with Crippen molar-refractivity contribution >= 4 is 0 Å². The summed E-state index contributed by atoms with van der Waals surface area (Å²) in [5, 5.41) is 8.52. The average molecular weight is 350 g/mol. The van der Waals surface area contributed by atoms with E-state index >= 15 is 0 Å². The van der Waals surface area contributed by atoms with Crippen molar-refractivity contribution in [3.63, 3.8) is 0 Å². The predicted octanol–water partition coefficient (Wildman–Crippen LogP) is 2.28. The summed E-state index contributed by atoms with van der Waals surface area (Å²) < 4.78 is 26.8. The molecule has 0 saturated carbocycles. The molecule has 0 aliphatic carbocycles. The SMILES string of the molecule is CCCC(CC)CCOCCOCCOCCOCCOCCO. The first-order chi connectivity index (χ1) is 11.8. The Morgan fingerprint density at radius 2 is 1.00 bits per heavy atom. The summed E-state index contributed by atoms with van der Waals surface area (Å²) in [4.78, 5) is 0. The number of rotatable bonds is 20. The fourth-order valence-electron chi connectivity index (χ4n) is 2.26. The molecule has 0 aliphatic rings. The van der Waals surface area contributed by atoms with E-state index in [0.29, 0.717) is 59.5 Å². The van der Waals surface area contributed by atoms with Crippen molar-refractivity contribution in [3.05, 3.63) is 0 Å². The molecule has 0 spiro atoms. The molecule has 24 heavy (non-hydrogen) atoms. The van der Waals surface area contributed by atoms with E-state index in [-0.39, 0.29) is 6.61 Å². The monoisotopic (exact) mass is 350 g/mol. The van der Waals surface area contributed by atoms with Crippen LogP contribution in [0.4, 0.5) is 0 Å². The fourth-order valence-corrected chi connectivity index (χ4v) is 2.26. The molecule has 0 aromatic carbocycles. The van der Waals surface area contributed by atoms with Gasteiger partial charge in [-0.3, -0.25) is 0 Å². The Bertz CT molecular complexity index is 228. The van der Waals surface area contributed by atoms with Crippen LogP contribution in [-0.4, -0.2) is 77.8 Å². The van der Waals surface area contributed by atoms with Crippen LogP contribution < -0.4 is 0 Å². The van der Waals surface area contributed by atoms with E-state index in [0.717, 1.165) is 18.9 Å². The summed E-state index contributed by atoms with van der Waals surface area (Å²) in [5.41, 5.74) is 0. The van der Waals surface area contributed by atoms with Crippen LogP contribution in [0.15, 0.2) is 0 Å². The first-order valence-electron chi connectivity index (χ1n) is 9.34. The minimum Gasteiger partial charge on any atom is -0.394 e. The third kappa shape index (κ3) is 18.1. The molecule has 0 heterocycles. The van der Waals surface area contributed by atoms with Gasteiger partial charge in [0.25, 0.3) is 0 Å². The van der Waals surface area contributed by atoms with Crippen molar-refractivity contribution in [2.75, 3.05) is 72.7 Å². The van der Waals surface area contributed by atoms with Gasteiger partial charge in [-0.25, -0.2) is 0 Å². The second-order valence-electron chi connectivity index (χ2n) is 5.64. The lowest BCUT2D eigenvalue weighted by molar-refractivity contribution is -0.0139. The quantitative estimate of drug-likeness (QED) is 0.340. The Balaban J connectivity index is 3.07. The normalized spacial score (nSPS) is 12.6. The van der Waals surface area contributed by atoms with Crippen molar-refractivity contribution in [2.45, 2.75) is 39.5 Å². The number of hydrogen-bond acceptors (Lipinski definition) is 6. The van der Waals surface area contributed by atoms with Gasteiger partial charge < -0.3 is 28.8 Å². The van der Waals surface area contributed by atoms with E-state index in [1.54, 1.807) is 0 Å². The van der Waals surface area contributed by atoms with Gasteiger partial charge in [0.1, 0.15) is 0 Å². The lowest BCUT2D eigenvalue weighted by Crippen LogP contribution is -2.14. The Hall–Kier alpha value is -0.240. The lowest BCUT2D eigenvalue weighted by Gasteiger charge is -2.13. The van der Waals surface area contributed by atoms with E-state index < -0.39 is 0 Å². The maximum Gasteiger partial charge on any atom is 0.0701 e. The Kier molecular flexibility index (Phi) is 20.6. The number of hydrogen-bond donors (Lipinski definition) is 1. The highest BCUT2D eigenvalue weighted by atomic mass is 16.6. The number of aliphatic hydroxyl groups is 1. The third-order valence-electron chi connectivity index (χ3n) is 3.67. The van der Waals surface area contributed by atoms with Crippen LogP contribution in [0.1, 0.15) is 39.5 Å². The summed E-state index contributed by atoms with van der Waals surface area (Å²) in [6.07, 6.45) is 4.94. The van der Waals surface area contributed by atoms with Crippen molar-refractivity contribution in [2.24, 2.45) is 5.92 Å². The van der Waals surface area contributed by atoms with Crippen LogP contribution in [0.5, 0.6) is 0 Å². The predicted molar refractivity (Wildman–Crippen MR) is 94.5 cm³/mol. The van der Waals surface area contributed by atoms with E-state index in [1.807, 2.05) is 0 Å².